The lowest BCUT2D eigenvalue weighted by molar-refractivity contribution is -0.142. The Hall–Kier alpha value is -3.49. The lowest BCUT2D eigenvalue weighted by atomic mass is 10.1. The number of carbonyl (C=O) groups excluding carboxylic acids is 4. The predicted octanol–water partition coefficient (Wildman–Crippen LogP) is 4.32. The van der Waals surface area contributed by atoms with Gasteiger partial charge in [0.25, 0.3) is 11.8 Å². The van der Waals surface area contributed by atoms with Gasteiger partial charge in [-0.25, -0.2) is 4.79 Å². The number of hydrogen-bond acceptors (Lipinski definition) is 7. The minimum atomic E-state index is -2.10. The molecule has 12 heteroatoms. The maximum atomic E-state index is 13.0. The maximum absolute atomic E-state index is 13.0. The van der Waals surface area contributed by atoms with E-state index in [-0.39, 0.29) is 47.4 Å². The van der Waals surface area contributed by atoms with Gasteiger partial charge in [0, 0.05) is 48.0 Å². The van der Waals surface area contributed by atoms with Gasteiger partial charge in [0.1, 0.15) is 11.4 Å². The Morgan fingerprint density at radius 1 is 0.978 bits per heavy atom. The largest absolute Gasteiger partial charge is 0.484 e. The molecule has 1 N–H and O–H groups in total. The SMILES string of the molecule is CN(Cc1ccc(C(=O)NCc2ccc(OCC(=O)N3CC(=O)C([SiH3])C(O[Si](C)(C)C(C)(C)C)C3)cc2)cc1)C(=O)OC(C)(C)C. The highest BCUT2D eigenvalue weighted by molar-refractivity contribution is 6.74. The van der Waals surface area contributed by atoms with E-state index in [4.69, 9.17) is 13.9 Å². The average Bonchev–Trinajstić information content (AvgIpc) is 2.96. The van der Waals surface area contributed by atoms with Crippen LogP contribution < -0.4 is 10.1 Å². The van der Waals surface area contributed by atoms with Crippen molar-refractivity contribution in [3.05, 3.63) is 65.2 Å². The molecule has 2 unspecified atom stereocenters. The first-order valence-electron chi connectivity index (χ1n) is 15.8. The van der Waals surface area contributed by atoms with Crippen molar-refractivity contribution in [1.29, 1.82) is 0 Å². The summed E-state index contributed by atoms with van der Waals surface area (Å²) in [5.41, 5.74) is 1.56. The molecule has 1 saturated heterocycles. The number of amides is 3. The zero-order valence-corrected chi connectivity index (χ0v) is 32.1. The lowest BCUT2D eigenvalue weighted by Crippen LogP contribution is -2.55. The molecule has 10 nitrogen and oxygen atoms in total. The molecular formula is C34H51N3O7Si2. The summed E-state index contributed by atoms with van der Waals surface area (Å²) < 4.78 is 17.7. The van der Waals surface area contributed by atoms with E-state index in [9.17, 15) is 19.2 Å². The van der Waals surface area contributed by atoms with Gasteiger partial charge < -0.3 is 29.0 Å². The summed E-state index contributed by atoms with van der Waals surface area (Å²) >= 11 is 0. The van der Waals surface area contributed by atoms with Crippen molar-refractivity contribution in [2.75, 3.05) is 26.7 Å². The van der Waals surface area contributed by atoms with Crippen molar-refractivity contribution >= 4 is 42.3 Å². The molecule has 0 bridgehead atoms. The third-order valence-corrected chi connectivity index (χ3v) is 14.4. The Morgan fingerprint density at radius 2 is 1.57 bits per heavy atom. The highest BCUT2D eigenvalue weighted by Gasteiger charge is 2.43. The van der Waals surface area contributed by atoms with Gasteiger partial charge in [0.05, 0.1) is 12.6 Å². The summed E-state index contributed by atoms with van der Waals surface area (Å²) in [5, 5.41) is 2.92. The normalized spacial score (nSPS) is 17.4. The first-order valence-corrected chi connectivity index (χ1v) is 19.8. The standard InChI is InChI=1S/C34H51N3O7Si2/c1-33(2,3)43-32(41)36(7)19-24-10-14-25(15-11-24)31(40)35-18-23-12-16-26(17-13-23)42-22-29(39)37-20-27(38)30(45)28(21-37)44-46(8,9)34(4,5)6/h10-17,28,30H,18-22H2,1-9,45H3,(H,35,40). The fourth-order valence-corrected chi connectivity index (χ4v) is 6.72. The number of Topliss-reactive ketones (excluding diaryl/α,β-unsaturated/α-hetero) is 1. The number of rotatable bonds is 10. The van der Waals surface area contributed by atoms with Crippen LogP contribution in [0.3, 0.4) is 0 Å². The van der Waals surface area contributed by atoms with Gasteiger partial charge >= 0.3 is 6.09 Å². The zero-order valence-electron chi connectivity index (χ0n) is 29.1. The van der Waals surface area contributed by atoms with E-state index in [1.54, 1.807) is 36.2 Å². The van der Waals surface area contributed by atoms with E-state index in [0.717, 1.165) is 11.1 Å². The molecule has 2 aromatic carbocycles. The second-order valence-corrected chi connectivity index (χ2v) is 20.6. The Kier molecular flexibility index (Phi) is 12.0. The molecule has 3 rings (SSSR count). The summed E-state index contributed by atoms with van der Waals surface area (Å²) in [6.07, 6.45) is -0.677. The van der Waals surface area contributed by atoms with Gasteiger partial charge in [0.2, 0.25) is 0 Å². The summed E-state index contributed by atoms with van der Waals surface area (Å²) in [4.78, 5) is 53.7. The Labute approximate surface area is 277 Å². The number of benzene rings is 2. The number of ether oxygens (including phenoxy) is 2. The van der Waals surface area contributed by atoms with Crippen molar-refractivity contribution in [2.45, 2.75) is 90.0 Å². The predicted molar refractivity (Wildman–Crippen MR) is 185 cm³/mol. The quantitative estimate of drug-likeness (QED) is 0.375. The number of hydrogen-bond donors (Lipinski definition) is 1. The van der Waals surface area contributed by atoms with Crippen molar-refractivity contribution in [3.63, 3.8) is 0 Å². The number of likely N-dealkylation sites (tertiary alicyclic amines) is 1. The van der Waals surface area contributed by atoms with E-state index in [2.05, 4.69) is 39.2 Å². The van der Waals surface area contributed by atoms with Crippen molar-refractivity contribution < 1.29 is 33.1 Å². The zero-order chi connectivity index (χ0) is 34.4. The highest BCUT2D eigenvalue weighted by Crippen LogP contribution is 2.39. The van der Waals surface area contributed by atoms with Crippen LogP contribution in [-0.4, -0.2) is 90.5 Å². The number of nitrogens with zero attached hydrogens (tertiary/aromatic N) is 2. The van der Waals surface area contributed by atoms with Crippen LogP contribution in [0.4, 0.5) is 4.79 Å². The lowest BCUT2D eigenvalue weighted by Gasteiger charge is -2.44. The first-order chi connectivity index (χ1) is 21.3. The Morgan fingerprint density at radius 3 is 2.13 bits per heavy atom. The maximum Gasteiger partial charge on any atom is 0.410 e. The molecule has 0 aromatic heterocycles. The third kappa shape index (κ3) is 10.5. The van der Waals surface area contributed by atoms with Crippen LogP contribution in [-0.2, 0) is 31.8 Å². The summed E-state index contributed by atoms with van der Waals surface area (Å²) in [5.74, 6) is 0.114. The molecule has 2 aromatic rings. The third-order valence-electron chi connectivity index (χ3n) is 8.50. The monoisotopic (exact) mass is 669 g/mol. The summed E-state index contributed by atoms with van der Waals surface area (Å²) in [6.45, 7) is 17.3. The molecule has 0 radical (unpaired) electrons. The van der Waals surface area contributed by atoms with Crippen LogP contribution in [0.2, 0.25) is 23.7 Å². The van der Waals surface area contributed by atoms with E-state index < -0.39 is 20.0 Å². The summed E-state index contributed by atoms with van der Waals surface area (Å²) in [6, 6.07) is 14.2. The molecule has 0 saturated carbocycles. The topological polar surface area (TPSA) is 114 Å². The van der Waals surface area contributed by atoms with Crippen molar-refractivity contribution in [2.24, 2.45) is 0 Å². The van der Waals surface area contributed by atoms with E-state index >= 15 is 0 Å². The molecule has 1 heterocycles. The molecule has 2 atom stereocenters. The number of piperidine rings is 1. The van der Waals surface area contributed by atoms with Crippen LogP contribution in [0.1, 0.15) is 63.0 Å². The van der Waals surface area contributed by atoms with Gasteiger partial charge in [-0.05, 0) is 74.3 Å². The van der Waals surface area contributed by atoms with Gasteiger partial charge in [-0.3, -0.25) is 14.4 Å². The number of ketones is 1. The molecule has 1 aliphatic heterocycles. The van der Waals surface area contributed by atoms with Gasteiger partial charge in [0.15, 0.2) is 20.7 Å². The molecule has 0 aliphatic carbocycles. The molecule has 46 heavy (non-hydrogen) atoms. The molecule has 0 spiro atoms. The fourth-order valence-electron chi connectivity index (χ4n) is 4.53. The van der Waals surface area contributed by atoms with Crippen LogP contribution in [0, 0.1) is 0 Å². The smallest absolute Gasteiger partial charge is 0.410 e. The molecule has 1 fully saturated rings. The molecular weight excluding hydrogens is 619 g/mol. The fraction of sp³-hybridized carbons (Fsp3) is 0.529. The molecule has 1 aliphatic rings. The summed E-state index contributed by atoms with van der Waals surface area (Å²) in [7, 11) is 0.264. The van der Waals surface area contributed by atoms with Gasteiger partial charge in [-0.15, -0.1) is 0 Å². The second kappa shape index (κ2) is 14.9. The van der Waals surface area contributed by atoms with Crippen LogP contribution in [0.15, 0.2) is 48.5 Å². The van der Waals surface area contributed by atoms with E-state index in [1.807, 2.05) is 45.0 Å². The second-order valence-electron chi connectivity index (χ2n) is 14.6. The van der Waals surface area contributed by atoms with Crippen molar-refractivity contribution in [3.8, 4) is 5.75 Å². The van der Waals surface area contributed by atoms with Crippen LogP contribution in [0.25, 0.3) is 0 Å². The Balaban J connectivity index is 1.47. The van der Waals surface area contributed by atoms with Crippen LogP contribution >= 0.6 is 0 Å². The van der Waals surface area contributed by atoms with Crippen LogP contribution in [0.5, 0.6) is 5.75 Å². The van der Waals surface area contributed by atoms with E-state index in [0.29, 0.717) is 41.2 Å². The highest BCUT2D eigenvalue weighted by atomic mass is 28.4. The van der Waals surface area contributed by atoms with E-state index in [1.165, 1.54) is 4.90 Å². The van der Waals surface area contributed by atoms with Crippen molar-refractivity contribution in [1.82, 2.24) is 15.1 Å². The van der Waals surface area contributed by atoms with Gasteiger partial charge in [-0.2, -0.15) is 0 Å². The minimum Gasteiger partial charge on any atom is -0.484 e. The minimum absolute atomic E-state index is 0.0103. The molecule has 252 valence electrons. The van der Waals surface area contributed by atoms with Gasteiger partial charge in [-0.1, -0.05) is 45.0 Å². The Bertz CT molecular complexity index is 1380. The average molecular weight is 670 g/mol. The first kappa shape index (κ1) is 37.0. The number of nitrogens with one attached hydrogen (secondary N) is 1. The molecule has 3 amide bonds. The number of carbonyl (C=O) groups is 4.